The summed E-state index contributed by atoms with van der Waals surface area (Å²) in [6, 6.07) is 3.50. The molecule has 0 saturated carbocycles. The lowest BCUT2D eigenvalue weighted by Gasteiger charge is -2.23. The molecule has 2 fully saturated rings. The molecule has 1 aromatic heterocycles. The molecule has 2 aliphatic heterocycles. The van der Waals surface area contributed by atoms with Crippen molar-refractivity contribution in [3.05, 3.63) is 24.5 Å². The first-order valence-electron chi connectivity index (χ1n) is 5.74. The van der Waals surface area contributed by atoms with Gasteiger partial charge >= 0.3 is 5.97 Å². The molecule has 0 radical (unpaired) electrons. The Labute approximate surface area is 98.0 Å². The number of hydrogen-bond donors (Lipinski definition) is 1. The maximum absolute atomic E-state index is 12.2. The SMILES string of the molecule is O=C(O)[C@@H]1[C@H](C(=O)n2cccc2)[C@H]2CC[C@@H]1O2. The second-order valence-corrected chi connectivity index (χ2v) is 4.61. The summed E-state index contributed by atoms with van der Waals surface area (Å²) in [6.45, 7) is 0. The van der Waals surface area contributed by atoms with Crippen LogP contribution in [-0.2, 0) is 9.53 Å². The Morgan fingerprint density at radius 3 is 2.29 bits per heavy atom. The summed E-state index contributed by atoms with van der Waals surface area (Å²) in [5, 5.41) is 9.21. The molecule has 0 aliphatic carbocycles. The van der Waals surface area contributed by atoms with Crippen LogP contribution >= 0.6 is 0 Å². The number of carboxylic acids is 1. The standard InChI is InChI=1S/C12H13NO4/c14-11(13-5-1-2-6-13)9-7-3-4-8(17-7)10(9)12(15)16/h1-2,5-10H,3-4H2,(H,15,16)/t7-,8+,9-,10+/m1/s1. The minimum absolute atomic E-state index is 0.172. The van der Waals surface area contributed by atoms with Crippen molar-refractivity contribution in [1.29, 1.82) is 0 Å². The van der Waals surface area contributed by atoms with Crippen LogP contribution < -0.4 is 0 Å². The maximum Gasteiger partial charge on any atom is 0.310 e. The van der Waals surface area contributed by atoms with Gasteiger partial charge in [-0.2, -0.15) is 0 Å². The average Bonchev–Trinajstić information content (AvgIpc) is 3.02. The van der Waals surface area contributed by atoms with Gasteiger partial charge in [0, 0.05) is 12.4 Å². The van der Waals surface area contributed by atoms with Crippen LogP contribution in [0.25, 0.3) is 0 Å². The van der Waals surface area contributed by atoms with Crippen LogP contribution in [0.1, 0.15) is 17.6 Å². The van der Waals surface area contributed by atoms with Gasteiger partial charge in [0.1, 0.15) is 0 Å². The zero-order chi connectivity index (χ0) is 12.0. The zero-order valence-corrected chi connectivity index (χ0v) is 9.15. The Kier molecular flexibility index (Phi) is 2.29. The van der Waals surface area contributed by atoms with Gasteiger partial charge in [-0.15, -0.1) is 0 Å². The smallest absolute Gasteiger partial charge is 0.310 e. The lowest BCUT2D eigenvalue weighted by molar-refractivity contribution is -0.144. The van der Waals surface area contributed by atoms with Crippen molar-refractivity contribution < 1.29 is 19.4 Å². The molecule has 2 saturated heterocycles. The van der Waals surface area contributed by atoms with Gasteiger partial charge in [0.05, 0.1) is 24.0 Å². The summed E-state index contributed by atoms with van der Waals surface area (Å²) in [5.41, 5.74) is 0. The normalized spacial score (nSPS) is 35.1. The highest BCUT2D eigenvalue weighted by molar-refractivity contribution is 5.88. The Bertz CT molecular complexity index is 453. The second kappa shape index (κ2) is 3.70. The van der Waals surface area contributed by atoms with Gasteiger partial charge in [0.2, 0.25) is 5.91 Å². The van der Waals surface area contributed by atoms with Gasteiger partial charge in [0.25, 0.3) is 0 Å². The molecule has 0 unspecified atom stereocenters. The lowest BCUT2D eigenvalue weighted by atomic mass is 9.78. The number of carbonyl (C=O) groups is 2. The summed E-state index contributed by atoms with van der Waals surface area (Å²) in [6.07, 6.45) is 4.31. The van der Waals surface area contributed by atoms with Gasteiger partial charge in [0.15, 0.2) is 0 Å². The summed E-state index contributed by atoms with van der Waals surface area (Å²) >= 11 is 0. The molecule has 3 heterocycles. The van der Waals surface area contributed by atoms with E-state index in [1.165, 1.54) is 4.57 Å². The predicted molar refractivity (Wildman–Crippen MR) is 57.6 cm³/mol. The van der Waals surface area contributed by atoms with Crippen molar-refractivity contribution in [3.8, 4) is 0 Å². The molecule has 1 aromatic rings. The zero-order valence-electron chi connectivity index (χ0n) is 9.15. The number of ether oxygens (including phenoxy) is 1. The van der Waals surface area contributed by atoms with Crippen molar-refractivity contribution in [1.82, 2.24) is 4.57 Å². The van der Waals surface area contributed by atoms with E-state index in [0.29, 0.717) is 0 Å². The van der Waals surface area contributed by atoms with Crippen LogP contribution in [0.2, 0.25) is 0 Å². The van der Waals surface area contributed by atoms with E-state index in [9.17, 15) is 14.7 Å². The van der Waals surface area contributed by atoms with E-state index in [1.54, 1.807) is 24.5 Å². The van der Waals surface area contributed by atoms with Gasteiger partial charge in [-0.1, -0.05) is 0 Å². The van der Waals surface area contributed by atoms with Gasteiger partial charge in [-0.05, 0) is 25.0 Å². The monoisotopic (exact) mass is 235 g/mol. The minimum atomic E-state index is -0.928. The molecule has 4 atom stereocenters. The molecule has 3 rings (SSSR count). The second-order valence-electron chi connectivity index (χ2n) is 4.61. The molecule has 5 nitrogen and oxygen atoms in total. The van der Waals surface area contributed by atoms with Gasteiger partial charge in [-0.25, -0.2) is 0 Å². The van der Waals surface area contributed by atoms with Crippen molar-refractivity contribution >= 4 is 11.9 Å². The molecule has 2 bridgehead atoms. The minimum Gasteiger partial charge on any atom is -0.481 e. The van der Waals surface area contributed by atoms with Gasteiger partial charge in [-0.3, -0.25) is 14.2 Å². The number of aliphatic carboxylic acids is 1. The van der Waals surface area contributed by atoms with Crippen LogP contribution in [0, 0.1) is 11.8 Å². The van der Waals surface area contributed by atoms with Crippen LogP contribution in [0.15, 0.2) is 24.5 Å². The van der Waals surface area contributed by atoms with E-state index in [-0.39, 0.29) is 18.1 Å². The van der Waals surface area contributed by atoms with Crippen molar-refractivity contribution in [2.24, 2.45) is 11.8 Å². The van der Waals surface area contributed by atoms with Crippen LogP contribution in [0.3, 0.4) is 0 Å². The lowest BCUT2D eigenvalue weighted by Crippen LogP contribution is -2.40. The molecule has 90 valence electrons. The maximum atomic E-state index is 12.2. The fourth-order valence-electron chi connectivity index (χ4n) is 2.96. The van der Waals surface area contributed by atoms with Crippen molar-refractivity contribution in [2.75, 3.05) is 0 Å². The predicted octanol–water partition coefficient (Wildman–Crippen LogP) is 1.01. The van der Waals surface area contributed by atoms with Gasteiger partial charge < -0.3 is 9.84 Å². The molecule has 0 aromatic carbocycles. The number of nitrogens with zero attached hydrogens (tertiary/aromatic N) is 1. The van der Waals surface area contributed by atoms with E-state index in [0.717, 1.165) is 12.8 Å². The van der Waals surface area contributed by atoms with E-state index in [1.807, 2.05) is 0 Å². The van der Waals surface area contributed by atoms with Crippen LogP contribution in [-0.4, -0.2) is 33.8 Å². The number of rotatable bonds is 2. The first-order chi connectivity index (χ1) is 8.18. The summed E-state index contributed by atoms with van der Waals surface area (Å²) < 4.78 is 7.01. The fraction of sp³-hybridized carbons (Fsp3) is 0.500. The van der Waals surface area contributed by atoms with E-state index >= 15 is 0 Å². The third kappa shape index (κ3) is 1.50. The molecular formula is C12H13NO4. The molecule has 0 amide bonds. The van der Waals surface area contributed by atoms with E-state index < -0.39 is 17.8 Å². The number of carbonyl (C=O) groups excluding carboxylic acids is 1. The topological polar surface area (TPSA) is 68.5 Å². The summed E-state index contributed by atoms with van der Waals surface area (Å²) in [4.78, 5) is 23.5. The largest absolute Gasteiger partial charge is 0.481 e. The Balaban J connectivity index is 1.91. The summed E-state index contributed by atoms with van der Waals surface area (Å²) in [5.74, 6) is -2.33. The number of aromatic nitrogens is 1. The number of fused-ring (bicyclic) bond motifs is 2. The third-order valence-corrected chi connectivity index (χ3v) is 3.70. The fourth-order valence-corrected chi connectivity index (χ4v) is 2.96. The molecule has 2 aliphatic rings. The van der Waals surface area contributed by atoms with E-state index in [4.69, 9.17) is 4.74 Å². The first-order valence-corrected chi connectivity index (χ1v) is 5.74. The number of hydrogen-bond acceptors (Lipinski definition) is 3. The molecule has 0 spiro atoms. The Hall–Kier alpha value is -1.62. The summed E-state index contributed by atoms with van der Waals surface area (Å²) in [7, 11) is 0. The van der Waals surface area contributed by atoms with Crippen LogP contribution in [0.4, 0.5) is 0 Å². The molecule has 17 heavy (non-hydrogen) atoms. The molecular weight excluding hydrogens is 222 g/mol. The third-order valence-electron chi connectivity index (χ3n) is 3.70. The molecule has 5 heteroatoms. The average molecular weight is 235 g/mol. The highest BCUT2D eigenvalue weighted by atomic mass is 16.5. The number of carboxylic acid groups (broad SMARTS) is 1. The van der Waals surface area contributed by atoms with Crippen molar-refractivity contribution in [3.63, 3.8) is 0 Å². The highest BCUT2D eigenvalue weighted by Crippen LogP contribution is 2.44. The first kappa shape index (κ1) is 10.5. The Morgan fingerprint density at radius 1 is 1.12 bits per heavy atom. The van der Waals surface area contributed by atoms with E-state index in [2.05, 4.69) is 0 Å². The van der Waals surface area contributed by atoms with Crippen LogP contribution in [0.5, 0.6) is 0 Å². The quantitative estimate of drug-likeness (QED) is 0.830. The highest BCUT2D eigenvalue weighted by Gasteiger charge is 2.55. The molecule has 1 N–H and O–H groups in total. The van der Waals surface area contributed by atoms with Crippen molar-refractivity contribution in [2.45, 2.75) is 25.0 Å². The Morgan fingerprint density at radius 2 is 1.71 bits per heavy atom.